The van der Waals surface area contributed by atoms with Crippen LogP contribution in [-0.2, 0) is 17.6 Å². The lowest BCUT2D eigenvalue weighted by Crippen LogP contribution is -2.38. The van der Waals surface area contributed by atoms with E-state index in [0.717, 1.165) is 45.5 Å². The van der Waals surface area contributed by atoms with Crippen LogP contribution in [0.5, 0.6) is 0 Å². The van der Waals surface area contributed by atoms with Gasteiger partial charge in [-0.2, -0.15) is 0 Å². The van der Waals surface area contributed by atoms with E-state index < -0.39 is 0 Å². The van der Waals surface area contributed by atoms with E-state index in [1.807, 2.05) is 0 Å². The number of benzene rings is 2. The van der Waals surface area contributed by atoms with E-state index in [1.54, 1.807) is 0 Å². The Morgan fingerprint density at radius 1 is 0.962 bits per heavy atom. The second-order valence-corrected chi connectivity index (χ2v) is 7.64. The Balaban J connectivity index is 1.48. The lowest BCUT2D eigenvalue weighted by molar-refractivity contribution is 0.0429. The Bertz CT molecular complexity index is 682. The molecule has 2 aromatic carbocycles. The van der Waals surface area contributed by atoms with Crippen LogP contribution in [0.25, 0.3) is 0 Å². The topological polar surface area (TPSA) is 32.7 Å². The summed E-state index contributed by atoms with van der Waals surface area (Å²) in [5, 5.41) is 9.43. The summed E-state index contributed by atoms with van der Waals surface area (Å²) in [5.74, 6) is 0.433. The zero-order chi connectivity index (χ0) is 17.8. The van der Waals surface area contributed by atoms with Crippen LogP contribution in [0.2, 0.25) is 0 Å². The molecule has 138 valence electrons. The molecular weight excluding hydrogens is 322 g/mol. The van der Waals surface area contributed by atoms with Gasteiger partial charge in [0.05, 0.1) is 6.61 Å². The standard InChI is InChI=1S/C23H29NO2/c25-17-18-6-5-13-24(16-18)14-15-26-23-21-9-3-1-7-19(21)11-12-20-8-2-4-10-22(20)23/h1-4,7-10,18,23,25H,5-6,11-17H2. The predicted molar refractivity (Wildman–Crippen MR) is 104 cm³/mol. The van der Waals surface area contributed by atoms with E-state index >= 15 is 0 Å². The number of aliphatic hydroxyl groups excluding tert-OH is 1. The summed E-state index contributed by atoms with van der Waals surface area (Å²) in [6.45, 7) is 4.10. The highest BCUT2D eigenvalue weighted by Crippen LogP contribution is 2.35. The number of fused-ring (bicyclic) bond motifs is 2. The Hall–Kier alpha value is -1.68. The molecule has 0 bridgehead atoms. The molecule has 1 saturated heterocycles. The minimum Gasteiger partial charge on any atom is -0.396 e. The first-order valence-electron chi connectivity index (χ1n) is 9.95. The molecule has 2 aromatic rings. The predicted octanol–water partition coefficient (Wildman–Crippen LogP) is 3.60. The maximum Gasteiger partial charge on any atom is 0.108 e. The van der Waals surface area contributed by atoms with Crippen LogP contribution in [0.3, 0.4) is 0 Å². The third kappa shape index (κ3) is 3.85. The number of nitrogens with zero attached hydrogens (tertiary/aromatic N) is 1. The van der Waals surface area contributed by atoms with Crippen molar-refractivity contribution in [3.63, 3.8) is 0 Å². The van der Waals surface area contributed by atoms with E-state index in [9.17, 15) is 5.11 Å². The monoisotopic (exact) mass is 351 g/mol. The molecule has 1 aliphatic heterocycles. The molecule has 0 amide bonds. The van der Waals surface area contributed by atoms with Crippen LogP contribution in [-0.4, -0.2) is 42.9 Å². The zero-order valence-corrected chi connectivity index (χ0v) is 15.4. The normalized spacial score (nSPS) is 21.0. The highest BCUT2D eigenvalue weighted by Gasteiger charge is 2.24. The zero-order valence-electron chi connectivity index (χ0n) is 15.4. The van der Waals surface area contributed by atoms with Gasteiger partial charge in [0.25, 0.3) is 0 Å². The number of piperidine rings is 1. The minimum absolute atomic E-state index is 0.0309. The first-order chi connectivity index (χ1) is 12.8. The van der Waals surface area contributed by atoms with Crippen molar-refractivity contribution in [3.05, 3.63) is 70.8 Å². The molecule has 3 nitrogen and oxygen atoms in total. The van der Waals surface area contributed by atoms with E-state index in [4.69, 9.17) is 4.74 Å². The fraction of sp³-hybridized carbons (Fsp3) is 0.478. The number of aryl methyl sites for hydroxylation is 2. The summed E-state index contributed by atoms with van der Waals surface area (Å²) in [6.07, 6.45) is 4.52. The smallest absolute Gasteiger partial charge is 0.108 e. The van der Waals surface area contributed by atoms with Crippen molar-refractivity contribution in [1.82, 2.24) is 4.90 Å². The number of likely N-dealkylation sites (tertiary alicyclic amines) is 1. The molecular formula is C23H29NO2. The Kier molecular flexibility index (Phi) is 5.68. The van der Waals surface area contributed by atoms with Gasteiger partial charge in [-0.1, -0.05) is 48.5 Å². The van der Waals surface area contributed by atoms with Crippen molar-refractivity contribution < 1.29 is 9.84 Å². The molecule has 0 aromatic heterocycles. The number of ether oxygens (including phenoxy) is 1. The first kappa shape index (κ1) is 17.7. The number of hydrogen-bond donors (Lipinski definition) is 1. The molecule has 0 spiro atoms. The summed E-state index contributed by atoms with van der Waals surface area (Å²) >= 11 is 0. The van der Waals surface area contributed by atoms with Crippen LogP contribution < -0.4 is 0 Å². The fourth-order valence-corrected chi connectivity index (χ4v) is 4.45. The van der Waals surface area contributed by atoms with Gasteiger partial charge in [-0.3, -0.25) is 0 Å². The molecule has 1 atom stereocenters. The summed E-state index contributed by atoms with van der Waals surface area (Å²) < 4.78 is 6.48. The van der Waals surface area contributed by atoms with Crippen molar-refractivity contribution >= 4 is 0 Å². The van der Waals surface area contributed by atoms with Crippen LogP contribution >= 0.6 is 0 Å². The second-order valence-electron chi connectivity index (χ2n) is 7.64. The van der Waals surface area contributed by atoms with Crippen molar-refractivity contribution in [2.45, 2.75) is 31.8 Å². The van der Waals surface area contributed by atoms with Crippen molar-refractivity contribution in [3.8, 4) is 0 Å². The molecule has 4 rings (SSSR count). The fourth-order valence-electron chi connectivity index (χ4n) is 4.45. The lowest BCUT2D eigenvalue weighted by Gasteiger charge is -2.32. The van der Waals surface area contributed by atoms with Gasteiger partial charge in [-0.25, -0.2) is 0 Å². The second kappa shape index (κ2) is 8.34. The van der Waals surface area contributed by atoms with Crippen LogP contribution in [0.4, 0.5) is 0 Å². The van der Waals surface area contributed by atoms with Crippen molar-refractivity contribution in [2.75, 3.05) is 32.8 Å². The summed E-state index contributed by atoms with van der Waals surface area (Å²) in [6, 6.07) is 17.5. The molecule has 26 heavy (non-hydrogen) atoms. The molecule has 0 radical (unpaired) electrons. The van der Waals surface area contributed by atoms with E-state index in [1.165, 1.54) is 28.7 Å². The molecule has 1 N–H and O–H groups in total. The highest BCUT2D eigenvalue weighted by atomic mass is 16.5. The Morgan fingerprint density at radius 2 is 1.62 bits per heavy atom. The van der Waals surface area contributed by atoms with E-state index in [-0.39, 0.29) is 6.10 Å². The molecule has 1 aliphatic carbocycles. The van der Waals surface area contributed by atoms with Gasteiger partial charge in [0.15, 0.2) is 0 Å². The molecule has 1 fully saturated rings. The third-order valence-electron chi connectivity index (χ3n) is 5.89. The van der Waals surface area contributed by atoms with E-state index in [0.29, 0.717) is 12.5 Å². The van der Waals surface area contributed by atoms with Gasteiger partial charge in [0.2, 0.25) is 0 Å². The van der Waals surface area contributed by atoms with Crippen LogP contribution in [0.15, 0.2) is 48.5 Å². The SMILES string of the molecule is OCC1CCCN(CCOC2c3ccccc3CCc3ccccc32)C1. The van der Waals surface area contributed by atoms with Crippen molar-refractivity contribution in [2.24, 2.45) is 5.92 Å². The van der Waals surface area contributed by atoms with Crippen LogP contribution in [0, 0.1) is 5.92 Å². The number of rotatable bonds is 5. The number of hydrogen-bond acceptors (Lipinski definition) is 3. The highest BCUT2D eigenvalue weighted by molar-refractivity contribution is 5.43. The van der Waals surface area contributed by atoms with Gasteiger partial charge in [-0.15, -0.1) is 0 Å². The molecule has 1 heterocycles. The van der Waals surface area contributed by atoms with Crippen LogP contribution in [0.1, 0.15) is 41.2 Å². The lowest BCUT2D eigenvalue weighted by atomic mass is 9.97. The largest absolute Gasteiger partial charge is 0.396 e. The molecule has 3 heteroatoms. The Labute approximate surface area is 156 Å². The molecule has 2 aliphatic rings. The maximum absolute atomic E-state index is 9.43. The Morgan fingerprint density at radius 3 is 2.27 bits per heavy atom. The summed E-state index contributed by atoms with van der Waals surface area (Å²) in [7, 11) is 0. The average Bonchev–Trinajstić information content (AvgIpc) is 2.86. The molecule has 0 saturated carbocycles. The maximum atomic E-state index is 9.43. The summed E-state index contributed by atoms with van der Waals surface area (Å²) in [4.78, 5) is 2.44. The number of aliphatic hydroxyl groups is 1. The van der Waals surface area contributed by atoms with Gasteiger partial charge in [-0.05, 0) is 60.4 Å². The van der Waals surface area contributed by atoms with Gasteiger partial charge < -0.3 is 14.7 Å². The summed E-state index contributed by atoms with van der Waals surface area (Å²) in [5.41, 5.74) is 5.47. The van der Waals surface area contributed by atoms with Gasteiger partial charge in [0.1, 0.15) is 6.10 Å². The quantitative estimate of drug-likeness (QED) is 0.893. The van der Waals surface area contributed by atoms with Gasteiger partial charge >= 0.3 is 0 Å². The van der Waals surface area contributed by atoms with Gasteiger partial charge in [0, 0.05) is 19.7 Å². The molecule has 1 unspecified atom stereocenters. The van der Waals surface area contributed by atoms with E-state index in [2.05, 4.69) is 53.4 Å². The van der Waals surface area contributed by atoms with Crippen molar-refractivity contribution in [1.29, 1.82) is 0 Å². The average molecular weight is 351 g/mol. The minimum atomic E-state index is 0.0309. The first-order valence-corrected chi connectivity index (χ1v) is 9.95. The third-order valence-corrected chi connectivity index (χ3v) is 5.89.